The molecule has 3 N–H and O–H groups in total. The first-order chi connectivity index (χ1) is 11.9. The number of para-hydroxylation sites is 1. The minimum atomic E-state index is -0.977. The Morgan fingerprint density at radius 3 is 2.60 bits per heavy atom. The van der Waals surface area contributed by atoms with Crippen LogP contribution in [0.15, 0.2) is 24.3 Å². The Bertz CT molecular complexity index is 754. The van der Waals surface area contributed by atoms with Crippen LogP contribution in [0.4, 0.5) is 5.69 Å². The summed E-state index contributed by atoms with van der Waals surface area (Å²) in [4.78, 5) is 38.3. The molecule has 6 heteroatoms. The van der Waals surface area contributed by atoms with Crippen molar-refractivity contribution in [2.75, 3.05) is 5.32 Å². The molecule has 0 unspecified atom stereocenters. The van der Waals surface area contributed by atoms with E-state index in [-0.39, 0.29) is 29.7 Å². The monoisotopic (exact) mass is 342 g/mol. The molecule has 2 fully saturated rings. The van der Waals surface area contributed by atoms with E-state index < -0.39 is 17.3 Å². The van der Waals surface area contributed by atoms with Gasteiger partial charge in [-0.3, -0.25) is 14.4 Å². The Morgan fingerprint density at radius 1 is 1.20 bits per heavy atom. The number of fused-ring (bicyclic) bond motifs is 2. The number of hydrogen-bond acceptors (Lipinski definition) is 4. The van der Waals surface area contributed by atoms with E-state index in [2.05, 4.69) is 10.6 Å². The number of carbonyl (C=O) groups excluding carboxylic acids is 3. The van der Waals surface area contributed by atoms with Gasteiger partial charge in [-0.15, -0.1) is 0 Å². The van der Waals surface area contributed by atoms with Crippen LogP contribution in [-0.4, -0.2) is 34.8 Å². The van der Waals surface area contributed by atoms with Crippen LogP contribution >= 0.6 is 0 Å². The topological polar surface area (TPSA) is 95.5 Å². The first-order valence-corrected chi connectivity index (χ1v) is 8.86. The van der Waals surface area contributed by atoms with Crippen LogP contribution in [0.2, 0.25) is 0 Å². The molecule has 1 aromatic carbocycles. The molecule has 25 heavy (non-hydrogen) atoms. The molecule has 1 aliphatic heterocycles. The molecule has 0 radical (unpaired) electrons. The summed E-state index contributed by atoms with van der Waals surface area (Å²) in [5.74, 6) is -1.88. The molecule has 3 aliphatic rings. The fraction of sp³-hybridized carbons (Fsp3) is 0.526. The summed E-state index contributed by atoms with van der Waals surface area (Å²) < 4.78 is 0. The third kappa shape index (κ3) is 2.47. The van der Waals surface area contributed by atoms with Crippen LogP contribution < -0.4 is 10.6 Å². The van der Waals surface area contributed by atoms with Crippen molar-refractivity contribution in [3.8, 4) is 0 Å². The van der Waals surface area contributed by atoms with Crippen molar-refractivity contribution in [1.82, 2.24) is 5.32 Å². The van der Waals surface area contributed by atoms with Crippen LogP contribution in [0.25, 0.3) is 0 Å². The highest BCUT2D eigenvalue weighted by Crippen LogP contribution is 2.62. The fourth-order valence-electron chi connectivity index (χ4n) is 4.44. The van der Waals surface area contributed by atoms with Gasteiger partial charge in [-0.05, 0) is 37.8 Å². The van der Waals surface area contributed by atoms with Gasteiger partial charge in [-0.25, -0.2) is 0 Å². The number of hydrogen-bond donors (Lipinski definition) is 3. The lowest BCUT2D eigenvalue weighted by Crippen LogP contribution is -2.40. The van der Waals surface area contributed by atoms with Crippen molar-refractivity contribution in [2.24, 2.45) is 17.3 Å². The normalized spacial score (nSPS) is 36.6. The van der Waals surface area contributed by atoms with Crippen molar-refractivity contribution in [3.63, 3.8) is 0 Å². The van der Waals surface area contributed by atoms with E-state index in [1.807, 2.05) is 0 Å². The number of aliphatic hydroxyl groups is 1. The van der Waals surface area contributed by atoms with E-state index in [4.69, 9.17) is 0 Å². The summed E-state index contributed by atoms with van der Waals surface area (Å²) >= 11 is 0. The molecule has 2 saturated carbocycles. The number of aliphatic hydroxyl groups excluding tert-OH is 1. The number of anilines is 1. The van der Waals surface area contributed by atoms with Crippen LogP contribution in [0, 0.1) is 17.3 Å². The van der Waals surface area contributed by atoms with Crippen LogP contribution in [0.3, 0.4) is 0 Å². The molecule has 0 aromatic heterocycles. The first kappa shape index (κ1) is 16.3. The van der Waals surface area contributed by atoms with Gasteiger partial charge in [-0.1, -0.05) is 19.1 Å². The van der Waals surface area contributed by atoms with Crippen molar-refractivity contribution >= 4 is 23.3 Å². The predicted molar refractivity (Wildman–Crippen MR) is 90.9 cm³/mol. The molecule has 1 heterocycles. The molecular formula is C19H22N2O4. The summed E-state index contributed by atoms with van der Waals surface area (Å²) in [6.07, 6.45) is 2.50. The van der Waals surface area contributed by atoms with Gasteiger partial charge in [0.15, 0.2) is 5.78 Å². The predicted octanol–water partition coefficient (Wildman–Crippen LogP) is 1.49. The van der Waals surface area contributed by atoms with Gasteiger partial charge in [-0.2, -0.15) is 0 Å². The zero-order valence-corrected chi connectivity index (χ0v) is 14.1. The van der Waals surface area contributed by atoms with Crippen molar-refractivity contribution < 1.29 is 19.5 Å². The van der Waals surface area contributed by atoms with Gasteiger partial charge in [0.05, 0.1) is 29.0 Å². The number of nitrogens with one attached hydrogen (secondary N) is 2. The van der Waals surface area contributed by atoms with E-state index >= 15 is 0 Å². The lowest BCUT2D eigenvalue weighted by atomic mass is 9.91. The van der Waals surface area contributed by atoms with Gasteiger partial charge in [0.2, 0.25) is 11.8 Å². The van der Waals surface area contributed by atoms with Crippen LogP contribution in [0.5, 0.6) is 0 Å². The molecule has 0 bridgehead atoms. The van der Waals surface area contributed by atoms with Crippen LogP contribution in [0.1, 0.15) is 43.0 Å². The van der Waals surface area contributed by atoms with Gasteiger partial charge in [0, 0.05) is 11.6 Å². The average Bonchev–Trinajstić information content (AvgIpc) is 3.25. The second-order valence-electron chi connectivity index (χ2n) is 7.62. The van der Waals surface area contributed by atoms with E-state index in [0.29, 0.717) is 24.1 Å². The summed E-state index contributed by atoms with van der Waals surface area (Å²) in [6.45, 7) is 1.72. The van der Waals surface area contributed by atoms with Crippen molar-refractivity contribution in [2.45, 2.75) is 44.8 Å². The quantitative estimate of drug-likeness (QED) is 0.759. The zero-order chi connectivity index (χ0) is 17.8. The highest BCUT2D eigenvalue weighted by atomic mass is 16.3. The maximum atomic E-state index is 13.0. The van der Waals surface area contributed by atoms with E-state index in [9.17, 15) is 19.5 Å². The number of amides is 2. The number of benzene rings is 1. The maximum absolute atomic E-state index is 13.0. The largest absolute Gasteiger partial charge is 0.393 e. The molecule has 3 atom stereocenters. The van der Waals surface area contributed by atoms with E-state index in [0.717, 1.165) is 12.8 Å². The molecule has 0 saturated heterocycles. The summed E-state index contributed by atoms with van der Waals surface area (Å²) in [6, 6.07) is 6.95. The van der Waals surface area contributed by atoms with Gasteiger partial charge < -0.3 is 15.7 Å². The van der Waals surface area contributed by atoms with E-state index in [1.54, 1.807) is 31.2 Å². The Kier molecular flexibility index (Phi) is 3.68. The minimum Gasteiger partial charge on any atom is -0.393 e. The second-order valence-corrected chi connectivity index (χ2v) is 7.62. The molecule has 2 amide bonds. The van der Waals surface area contributed by atoms with Crippen molar-refractivity contribution in [1.29, 1.82) is 0 Å². The Labute approximate surface area is 146 Å². The zero-order valence-electron chi connectivity index (χ0n) is 14.1. The highest BCUT2D eigenvalue weighted by molar-refractivity contribution is 6.19. The average molecular weight is 342 g/mol. The summed E-state index contributed by atoms with van der Waals surface area (Å²) in [5, 5.41) is 15.4. The Balaban J connectivity index is 1.55. The smallest absolute Gasteiger partial charge is 0.229 e. The fourth-order valence-corrected chi connectivity index (χ4v) is 4.44. The highest BCUT2D eigenvalue weighted by Gasteiger charge is 2.73. The SMILES string of the molecule is C[C@]12C(=O)c3ccccc3NC(=O)[C@H]1[C@H]2C(=O)NC1CCC(O)CC1. The molecule has 6 nitrogen and oxygen atoms in total. The van der Waals surface area contributed by atoms with Crippen molar-refractivity contribution in [3.05, 3.63) is 29.8 Å². The molecule has 1 aromatic rings. The van der Waals surface area contributed by atoms with Crippen LogP contribution in [-0.2, 0) is 9.59 Å². The molecule has 4 rings (SSSR count). The van der Waals surface area contributed by atoms with Gasteiger partial charge in [0.25, 0.3) is 0 Å². The standard InChI is InChI=1S/C19H22N2O4/c1-19-14(17(24)20-10-6-8-11(22)9-7-10)15(19)18(25)21-13-5-3-2-4-12(13)16(19)23/h2-5,10-11,14-15,22H,6-9H2,1H3,(H,20,24)(H,21,25)/t10?,11?,14-,15+,19+/m0/s1. The summed E-state index contributed by atoms with van der Waals surface area (Å²) in [7, 11) is 0. The number of rotatable bonds is 2. The molecule has 0 spiro atoms. The second kappa shape index (κ2) is 5.66. The third-order valence-corrected chi connectivity index (χ3v) is 6.04. The Morgan fingerprint density at radius 2 is 1.88 bits per heavy atom. The molecular weight excluding hydrogens is 320 g/mol. The number of carbonyl (C=O) groups is 3. The van der Waals surface area contributed by atoms with Gasteiger partial charge in [0.1, 0.15) is 0 Å². The molecule has 2 aliphatic carbocycles. The Hall–Kier alpha value is -2.21. The lowest BCUT2D eigenvalue weighted by Gasteiger charge is -2.26. The van der Waals surface area contributed by atoms with Gasteiger partial charge >= 0.3 is 0 Å². The lowest BCUT2D eigenvalue weighted by molar-refractivity contribution is -0.126. The first-order valence-electron chi connectivity index (χ1n) is 8.86. The third-order valence-electron chi connectivity index (χ3n) is 6.04. The number of ketones is 1. The summed E-state index contributed by atoms with van der Waals surface area (Å²) in [5.41, 5.74) is 0.0119. The molecule has 132 valence electrons. The maximum Gasteiger partial charge on any atom is 0.229 e. The minimum absolute atomic E-state index is 0.00906. The number of Topliss-reactive ketones (excluding diaryl/α,β-unsaturated/α-hetero) is 1. The van der Waals surface area contributed by atoms with E-state index in [1.165, 1.54) is 0 Å².